The van der Waals surface area contributed by atoms with Gasteiger partial charge in [0.2, 0.25) is 0 Å². The second kappa shape index (κ2) is 15.7. The molecule has 0 aromatic heterocycles. The average molecular weight is 335 g/mol. The molecule has 0 amide bonds. The lowest BCUT2D eigenvalue weighted by molar-refractivity contribution is -0.155. The normalized spacial score (nSPS) is 21.9. The minimum atomic E-state index is -0.211. The fourth-order valence-corrected chi connectivity index (χ4v) is 2.23. The molecule has 134 valence electrons. The quantitative estimate of drug-likeness (QED) is 0.557. The van der Waals surface area contributed by atoms with Crippen molar-refractivity contribution in [3.63, 3.8) is 0 Å². The average Bonchev–Trinajstić information content (AvgIpc) is 2.48. The predicted molar refractivity (Wildman–Crippen MR) is 98.5 cm³/mol. The highest BCUT2D eigenvalue weighted by atomic mass is 32.1. The van der Waals surface area contributed by atoms with E-state index in [0.717, 1.165) is 44.3 Å². The molecule has 1 atom stereocenters. The molecule has 0 heterocycles. The number of hydrogen-bond acceptors (Lipinski definition) is 4. The first kappa shape index (κ1) is 24.0. The monoisotopic (exact) mass is 334 g/mol. The molecule has 22 heavy (non-hydrogen) atoms. The van der Waals surface area contributed by atoms with E-state index >= 15 is 0 Å². The summed E-state index contributed by atoms with van der Waals surface area (Å²) in [6.07, 6.45) is 4.87. The van der Waals surface area contributed by atoms with Gasteiger partial charge in [-0.3, -0.25) is 4.79 Å². The van der Waals surface area contributed by atoms with Crippen LogP contribution in [0.15, 0.2) is 0 Å². The first-order valence-electron chi connectivity index (χ1n) is 8.90. The number of carbonyl (C=O) groups is 1. The molecule has 0 aromatic carbocycles. The van der Waals surface area contributed by atoms with Crippen LogP contribution in [0.1, 0.15) is 80.1 Å². The van der Waals surface area contributed by atoms with Gasteiger partial charge in [0.1, 0.15) is 0 Å². The van der Waals surface area contributed by atoms with Crippen LogP contribution in [-0.2, 0) is 9.53 Å². The molecule has 0 radical (unpaired) electrons. The Morgan fingerprint density at radius 2 is 1.59 bits per heavy atom. The Hall–Kier alpha value is -0.220. The lowest BCUT2D eigenvalue weighted by atomic mass is 9.87. The topological polar surface area (TPSA) is 46.5 Å². The van der Waals surface area contributed by atoms with E-state index in [-0.39, 0.29) is 24.1 Å². The van der Waals surface area contributed by atoms with Gasteiger partial charge in [-0.05, 0) is 57.1 Å². The zero-order valence-corrected chi connectivity index (χ0v) is 16.4. The van der Waals surface area contributed by atoms with Crippen molar-refractivity contribution in [3.8, 4) is 0 Å². The van der Waals surface area contributed by atoms with Crippen molar-refractivity contribution in [1.29, 1.82) is 0 Å². The maximum absolute atomic E-state index is 11.9. The Labute approximate surface area is 143 Å². The molecule has 1 fully saturated rings. The molecule has 1 aliphatic carbocycles. The number of hydrogen-bond donors (Lipinski definition) is 2. The summed E-state index contributed by atoms with van der Waals surface area (Å²) in [6, 6.07) is 0. The number of aliphatic hydroxyl groups excluding tert-OH is 1. The summed E-state index contributed by atoms with van der Waals surface area (Å²) in [6.45, 7) is 12.3. The molecular formula is C18H38O3S. The van der Waals surface area contributed by atoms with E-state index in [1.54, 1.807) is 0 Å². The molecule has 0 aromatic rings. The lowest BCUT2D eigenvalue weighted by Gasteiger charge is -2.25. The van der Waals surface area contributed by atoms with Crippen LogP contribution in [0, 0.1) is 11.8 Å². The summed E-state index contributed by atoms with van der Waals surface area (Å²) in [7, 11) is 0. The second-order valence-electron chi connectivity index (χ2n) is 6.04. The van der Waals surface area contributed by atoms with Gasteiger partial charge in [-0.1, -0.05) is 34.6 Å². The standard InChI is InChI=1S/C14H26O3.C2H6S.C2H6/c1-10(2)4-5-11(3)17-14(16)12-6-8-13(15)9-7-12;1-2-3;1-2/h10-13,15H,4-9H2,1-3H3;3H,2H2,1H3;1-2H3. The second-order valence-corrected chi connectivity index (χ2v) is 6.67. The SMILES string of the molecule is CC.CC(C)CCC(C)OC(=O)C1CCC(O)CC1.CCS. The van der Waals surface area contributed by atoms with Gasteiger partial charge in [-0.2, -0.15) is 12.6 Å². The van der Waals surface area contributed by atoms with Crippen LogP contribution < -0.4 is 0 Å². The van der Waals surface area contributed by atoms with Crippen LogP contribution in [0.2, 0.25) is 0 Å². The number of thiol groups is 1. The van der Waals surface area contributed by atoms with Crippen LogP contribution in [0.5, 0.6) is 0 Å². The predicted octanol–water partition coefficient (Wildman–Crippen LogP) is 4.87. The van der Waals surface area contributed by atoms with Crippen molar-refractivity contribution in [2.75, 3.05) is 5.75 Å². The Morgan fingerprint density at radius 1 is 1.14 bits per heavy atom. The minimum Gasteiger partial charge on any atom is -0.462 e. The largest absolute Gasteiger partial charge is 0.462 e. The first-order valence-corrected chi connectivity index (χ1v) is 9.53. The van der Waals surface area contributed by atoms with Gasteiger partial charge >= 0.3 is 5.97 Å². The fourth-order valence-electron chi connectivity index (χ4n) is 2.23. The Balaban J connectivity index is 0. The fraction of sp³-hybridized carbons (Fsp3) is 0.944. The maximum atomic E-state index is 11.9. The highest BCUT2D eigenvalue weighted by Crippen LogP contribution is 2.26. The molecule has 1 unspecified atom stereocenters. The van der Waals surface area contributed by atoms with Crippen molar-refractivity contribution in [2.24, 2.45) is 11.8 Å². The lowest BCUT2D eigenvalue weighted by Crippen LogP contribution is -2.28. The maximum Gasteiger partial charge on any atom is 0.309 e. The number of esters is 1. The minimum absolute atomic E-state index is 0.0138. The van der Waals surface area contributed by atoms with E-state index in [1.807, 2.05) is 27.7 Å². The zero-order valence-electron chi connectivity index (χ0n) is 15.5. The summed E-state index contributed by atoms with van der Waals surface area (Å²) in [4.78, 5) is 11.9. The molecule has 0 spiro atoms. The van der Waals surface area contributed by atoms with Gasteiger partial charge in [0.15, 0.2) is 0 Å². The van der Waals surface area contributed by atoms with E-state index < -0.39 is 0 Å². The van der Waals surface area contributed by atoms with Crippen LogP contribution in [0.25, 0.3) is 0 Å². The van der Waals surface area contributed by atoms with Crippen LogP contribution in [0.3, 0.4) is 0 Å². The van der Waals surface area contributed by atoms with E-state index in [9.17, 15) is 9.90 Å². The summed E-state index contributed by atoms with van der Waals surface area (Å²) in [5.41, 5.74) is 0. The molecule has 4 heteroatoms. The molecule has 1 N–H and O–H groups in total. The van der Waals surface area contributed by atoms with Crippen molar-refractivity contribution in [3.05, 3.63) is 0 Å². The number of carbonyl (C=O) groups excluding carboxylic acids is 1. The molecule has 1 aliphatic rings. The van der Waals surface area contributed by atoms with Crippen LogP contribution >= 0.6 is 12.6 Å². The first-order chi connectivity index (χ1) is 10.4. The van der Waals surface area contributed by atoms with Crippen molar-refractivity contribution in [2.45, 2.75) is 92.3 Å². The molecule has 0 aliphatic heterocycles. The third-order valence-electron chi connectivity index (χ3n) is 3.50. The van der Waals surface area contributed by atoms with E-state index in [4.69, 9.17) is 4.74 Å². The van der Waals surface area contributed by atoms with Gasteiger partial charge < -0.3 is 9.84 Å². The Kier molecular flexibility index (Phi) is 17.1. The molecule has 1 rings (SSSR count). The third-order valence-corrected chi connectivity index (χ3v) is 3.50. The molecule has 0 saturated heterocycles. The summed E-state index contributed by atoms with van der Waals surface area (Å²) >= 11 is 3.79. The highest BCUT2D eigenvalue weighted by Gasteiger charge is 2.27. The van der Waals surface area contributed by atoms with Crippen molar-refractivity contribution < 1.29 is 14.6 Å². The Bertz CT molecular complexity index is 249. The van der Waals surface area contributed by atoms with E-state index in [1.165, 1.54) is 0 Å². The van der Waals surface area contributed by atoms with Gasteiger partial charge in [-0.25, -0.2) is 0 Å². The van der Waals surface area contributed by atoms with Gasteiger partial charge in [0.05, 0.1) is 18.1 Å². The molecular weight excluding hydrogens is 296 g/mol. The van der Waals surface area contributed by atoms with Gasteiger partial charge in [0.25, 0.3) is 0 Å². The van der Waals surface area contributed by atoms with Crippen LogP contribution in [-0.4, -0.2) is 29.0 Å². The summed E-state index contributed by atoms with van der Waals surface area (Å²) in [5.74, 6) is 1.55. The number of aliphatic hydroxyl groups is 1. The molecule has 3 nitrogen and oxygen atoms in total. The van der Waals surface area contributed by atoms with Gasteiger partial charge in [0, 0.05) is 0 Å². The number of rotatable bonds is 5. The third kappa shape index (κ3) is 13.4. The van der Waals surface area contributed by atoms with E-state index in [2.05, 4.69) is 26.5 Å². The summed E-state index contributed by atoms with van der Waals surface area (Å²) in [5, 5.41) is 9.38. The van der Waals surface area contributed by atoms with Crippen molar-refractivity contribution in [1.82, 2.24) is 0 Å². The molecule has 0 bridgehead atoms. The van der Waals surface area contributed by atoms with E-state index in [0.29, 0.717) is 5.92 Å². The van der Waals surface area contributed by atoms with Crippen LogP contribution in [0.4, 0.5) is 0 Å². The number of ether oxygens (including phenoxy) is 1. The smallest absolute Gasteiger partial charge is 0.309 e. The van der Waals surface area contributed by atoms with Gasteiger partial charge in [-0.15, -0.1) is 0 Å². The van der Waals surface area contributed by atoms with Crippen molar-refractivity contribution >= 4 is 18.6 Å². The Morgan fingerprint density at radius 3 is 2.00 bits per heavy atom. The summed E-state index contributed by atoms with van der Waals surface area (Å²) < 4.78 is 5.45. The zero-order chi connectivity index (χ0) is 17.5. The highest BCUT2D eigenvalue weighted by molar-refractivity contribution is 7.80. The molecule has 1 saturated carbocycles.